The summed E-state index contributed by atoms with van der Waals surface area (Å²) in [6.07, 6.45) is 4.37. The Balaban J connectivity index is 1.52. The molecule has 0 spiro atoms. The number of hydrogen-bond donors (Lipinski definition) is 0. The first-order valence-corrected chi connectivity index (χ1v) is 9.43. The van der Waals surface area contributed by atoms with Gasteiger partial charge >= 0.3 is 6.18 Å². The Hall–Kier alpha value is -2.74. The van der Waals surface area contributed by atoms with E-state index in [1.54, 1.807) is 6.07 Å². The Kier molecular flexibility index (Phi) is 5.12. The zero-order valence-corrected chi connectivity index (χ0v) is 16.0. The molecule has 5 nitrogen and oxygen atoms in total. The standard InChI is InChI=1S/C20H17ClF3N3O2/c21-18-17(11-25-27(19(18)28)12-20(22,23)24)29-16-5-4-13-6-8-26(15-2-1-3-15)9-7-14(13)10-16/h1-5,10-11H,6-9,12H2. The van der Waals surface area contributed by atoms with Gasteiger partial charge in [-0.1, -0.05) is 23.7 Å². The molecule has 0 saturated carbocycles. The van der Waals surface area contributed by atoms with E-state index in [0.717, 1.165) is 37.7 Å². The van der Waals surface area contributed by atoms with Gasteiger partial charge in [-0.3, -0.25) is 4.79 Å². The summed E-state index contributed by atoms with van der Waals surface area (Å²) in [6, 6.07) is 5.60. The summed E-state index contributed by atoms with van der Waals surface area (Å²) in [5.74, 6) is 0.381. The topological polar surface area (TPSA) is 47.4 Å². The number of aromatic nitrogens is 2. The van der Waals surface area contributed by atoms with Crippen LogP contribution in [0.1, 0.15) is 11.1 Å². The predicted molar refractivity (Wildman–Crippen MR) is 102 cm³/mol. The summed E-state index contributed by atoms with van der Waals surface area (Å²) in [5.41, 5.74) is 2.53. The molecule has 2 aliphatic rings. The second-order valence-corrected chi connectivity index (χ2v) is 7.25. The molecule has 0 bridgehead atoms. The molecule has 1 aromatic carbocycles. The first kappa shape index (κ1) is 19.6. The number of ether oxygens (including phenoxy) is 1. The highest BCUT2D eigenvalue weighted by molar-refractivity contribution is 6.31. The van der Waals surface area contributed by atoms with Crippen molar-refractivity contribution in [3.8, 4) is 11.5 Å². The first-order valence-electron chi connectivity index (χ1n) is 9.05. The minimum atomic E-state index is -4.57. The fraction of sp³-hybridized carbons (Fsp3) is 0.300. The average Bonchev–Trinajstić information content (AvgIpc) is 2.82. The van der Waals surface area contributed by atoms with E-state index in [-0.39, 0.29) is 10.4 Å². The van der Waals surface area contributed by atoms with Crippen molar-refractivity contribution in [2.45, 2.75) is 25.6 Å². The predicted octanol–water partition coefficient (Wildman–Crippen LogP) is 4.11. The summed E-state index contributed by atoms with van der Waals surface area (Å²) in [5, 5.41) is 3.09. The second kappa shape index (κ2) is 7.59. The highest BCUT2D eigenvalue weighted by Crippen LogP contribution is 2.30. The molecule has 1 aromatic heterocycles. The van der Waals surface area contributed by atoms with Crippen molar-refractivity contribution in [3.63, 3.8) is 0 Å². The van der Waals surface area contributed by atoms with E-state index < -0.39 is 23.3 Å². The van der Waals surface area contributed by atoms with Crippen LogP contribution < -0.4 is 10.3 Å². The number of halogens is 4. The Morgan fingerprint density at radius 1 is 1.17 bits per heavy atom. The lowest BCUT2D eigenvalue weighted by Crippen LogP contribution is -2.30. The van der Waals surface area contributed by atoms with E-state index in [2.05, 4.69) is 22.2 Å². The van der Waals surface area contributed by atoms with Gasteiger partial charge in [-0.2, -0.15) is 18.3 Å². The van der Waals surface area contributed by atoms with Crippen LogP contribution in [0, 0.1) is 0 Å². The fourth-order valence-corrected chi connectivity index (χ4v) is 3.53. The summed E-state index contributed by atoms with van der Waals surface area (Å²) >= 11 is 5.94. The summed E-state index contributed by atoms with van der Waals surface area (Å²) in [7, 11) is 0. The Morgan fingerprint density at radius 3 is 2.55 bits per heavy atom. The van der Waals surface area contributed by atoms with Gasteiger partial charge in [0, 0.05) is 18.8 Å². The highest BCUT2D eigenvalue weighted by atomic mass is 35.5. The molecule has 1 aliphatic heterocycles. The summed E-state index contributed by atoms with van der Waals surface area (Å²) in [4.78, 5) is 14.4. The minimum absolute atomic E-state index is 0.0740. The molecule has 9 heteroatoms. The van der Waals surface area contributed by atoms with E-state index in [1.807, 2.05) is 18.2 Å². The largest absolute Gasteiger partial charge is 0.454 e. The van der Waals surface area contributed by atoms with E-state index >= 15 is 0 Å². The van der Waals surface area contributed by atoms with Crippen LogP contribution in [0.3, 0.4) is 0 Å². The van der Waals surface area contributed by atoms with Gasteiger partial charge in [-0.25, -0.2) is 4.68 Å². The number of allylic oxidation sites excluding steroid dienone is 3. The van der Waals surface area contributed by atoms with Gasteiger partial charge in [0.1, 0.15) is 12.3 Å². The molecule has 2 heterocycles. The van der Waals surface area contributed by atoms with Crippen molar-refractivity contribution in [1.29, 1.82) is 0 Å². The molecule has 1 aliphatic carbocycles. The van der Waals surface area contributed by atoms with Crippen molar-refractivity contribution in [1.82, 2.24) is 14.7 Å². The van der Waals surface area contributed by atoms with Gasteiger partial charge in [0.2, 0.25) is 0 Å². The average molecular weight is 424 g/mol. The number of fused-ring (bicyclic) bond motifs is 1. The third-order valence-corrected chi connectivity index (χ3v) is 5.24. The maximum Gasteiger partial charge on any atom is 0.408 e. The highest BCUT2D eigenvalue weighted by Gasteiger charge is 2.30. The molecule has 0 radical (unpaired) electrons. The normalized spacial score (nSPS) is 16.0. The summed E-state index contributed by atoms with van der Waals surface area (Å²) < 4.78 is 43.5. The lowest BCUT2D eigenvalue weighted by molar-refractivity contribution is -0.143. The Labute approximate surface area is 169 Å². The van der Waals surface area contributed by atoms with Gasteiger partial charge in [-0.05, 0) is 48.3 Å². The maximum absolute atomic E-state index is 12.5. The van der Waals surface area contributed by atoms with Gasteiger partial charge in [-0.15, -0.1) is 0 Å². The molecule has 152 valence electrons. The molecule has 0 amide bonds. The summed E-state index contributed by atoms with van der Waals surface area (Å²) in [6.45, 7) is 0.297. The van der Waals surface area contributed by atoms with Crippen LogP contribution in [0.4, 0.5) is 13.2 Å². The van der Waals surface area contributed by atoms with Crippen LogP contribution >= 0.6 is 11.6 Å². The van der Waals surface area contributed by atoms with E-state index in [9.17, 15) is 18.0 Å². The van der Waals surface area contributed by atoms with Crippen LogP contribution in [-0.2, 0) is 19.4 Å². The first-order chi connectivity index (χ1) is 13.8. The number of benzene rings is 1. The number of alkyl halides is 3. The van der Waals surface area contributed by atoms with Crippen molar-refractivity contribution in [3.05, 3.63) is 74.8 Å². The van der Waals surface area contributed by atoms with E-state index in [1.165, 1.54) is 11.3 Å². The lowest BCUT2D eigenvalue weighted by atomic mass is 10.0. The van der Waals surface area contributed by atoms with Gasteiger partial charge in [0.05, 0.1) is 6.20 Å². The van der Waals surface area contributed by atoms with E-state index in [0.29, 0.717) is 5.75 Å². The number of rotatable bonds is 4. The zero-order valence-electron chi connectivity index (χ0n) is 15.2. The maximum atomic E-state index is 12.5. The third-order valence-electron chi connectivity index (χ3n) is 4.89. The molecule has 0 fully saturated rings. The molecular weight excluding hydrogens is 407 g/mol. The second-order valence-electron chi connectivity index (χ2n) is 6.87. The Bertz CT molecular complexity index is 1060. The van der Waals surface area contributed by atoms with Crippen LogP contribution in [0.2, 0.25) is 5.02 Å². The van der Waals surface area contributed by atoms with Gasteiger partial charge < -0.3 is 9.64 Å². The van der Waals surface area contributed by atoms with Crippen molar-refractivity contribution < 1.29 is 17.9 Å². The van der Waals surface area contributed by atoms with Gasteiger partial charge in [0.15, 0.2) is 10.8 Å². The van der Waals surface area contributed by atoms with Crippen molar-refractivity contribution >= 4 is 11.6 Å². The fourth-order valence-electron chi connectivity index (χ4n) is 3.35. The van der Waals surface area contributed by atoms with Crippen LogP contribution in [0.15, 0.2) is 53.1 Å². The molecule has 0 atom stereocenters. The van der Waals surface area contributed by atoms with Crippen LogP contribution in [0.25, 0.3) is 0 Å². The molecule has 0 saturated heterocycles. The molecular formula is C20H17ClF3N3O2. The SMILES string of the molecule is O=c1c(Cl)c(Oc2ccc3c(c2)CCN(C2=CC=C2)CC3)cnn1CC(F)(F)F. The monoisotopic (exact) mass is 423 g/mol. The molecule has 29 heavy (non-hydrogen) atoms. The molecule has 2 aromatic rings. The lowest BCUT2D eigenvalue weighted by Gasteiger charge is -2.26. The molecule has 0 unspecified atom stereocenters. The van der Waals surface area contributed by atoms with Gasteiger partial charge in [0.25, 0.3) is 5.56 Å². The third kappa shape index (κ3) is 4.32. The number of hydrogen-bond acceptors (Lipinski definition) is 4. The Morgan fingerprint density at radius 2 is 1.90 bits per heavy atom. The zero-order chi connectivity index (χ0) is 20.6. The van der Waals surface area contributed by atoms with Crippen LogP contribution in [-0.4, -0.2) is 33.9 Å². The molecule has 0 N–H and O–H groups in total. The van der Waals surface area contributed by atoms with E-state index in [4.69, 9.17) is 16.3 Å². The van der Waals surface area contributed by atoms with Crippen molar-refractivity contribution in [2.24, 2.45) is 0 Å². The van der Waals surface area contributed by atoms with Crippen LogP contribution in [0.5, 0.6) is 11.5 Å². The minimum Gasteiger partial charge on any atom is -0.454 e. The quantitative estimate of drug-likeness (QED) is 0.742. The number of nitrogens with zero attached hydrogens (tertiary/aromatic N) is 3. The molecule has 4 rings (SSSR count). The van der Waals surface area contributed by atoms with Crippen molar-refractivity contribution in [2.75, 3.05) is 13.1 Å². The smallest absolute Gasteiger partial charge is 0.408 e.